The number of carbonyl (C=O) groups is 1. The van der Waals surface area contributed by atoms with E-state index >= 15 is 0 Å². The minimum Gasteiger partial charge on any atom is -0.493 e. The van der Waals surface area contributed by atoms with Gasteiger partial charge in [-0.1, -0.05) is 23.7 Å². The number of anilines is 2. The number of urea groups is 1. The van der Waals surface area contributed by atoms with E-state index in [9.17, 15) is 4.79 Å². The van der Waals surface area contributed by atoms with Crippen molar-refractivity contribution >= 4 is 40.0 Å². The Morgan fingerprint density at radius 3 is 2.41 bits per heavy atom. The predicted octanol–water partition coefficient (Wildman–Crippen LogP) is 4.12. The van der Waals surface area contributed by atoms with Crippen LogP contribution < -0.4 is 20.1 Å². The SMILES string of the molecule is COc1cc2nc(N3CCCN(C(=O)N4CCOCC4)CC3)cc(N)c2c(-c2ccc(Cl)cc2)c1OC. The number of ether oxygens (including phenoxy) is 3. The molecule has 0 spiro atoms. The minimum absolute atomic E-state index is 0.0839. The van der Waals surface area contributed by atoms with E-state index in [1.165, 1.54) is 0 Å². The van der Waals surface area contributed by atoms with Crippen molar-refractivity contribution in [3.8, 4) is 22.6 Å². The minimum atomic E-state index is 0.0839. The summed E-state index contributed by atoms with van der Waals surface area (Å²) in [5, 5.41) is 1.44. The van der Waals surface area contributed by atoms with Crippen LogP contribution in [0.1, 0.15) is 6.42 Å². The zero-order chi connectivity index (χ0) is 25.9. The number of methoxy groups -OCH3 is 2. The molecule has 1 aromatic heterocycles. The van der Waals surface area contributed by atoms with Crippen LogP contribution in [0, 0.1) is 0 Å². The van der Waals surface area contributed by atoms with Crippen molar-refractivity contribution in [3.63, 3.8) is 0 Å². The molecule has 0 bridgehead atoms. The fourth-order valence-electron chi connectivity index (χ4n) is 5.07. The third-order valence-corrected chi connectivity index (χ3v) is 7.21. The average Bonchev–Trinajstić information content (AvgIpc) is 3.19. The van der Waals surface area contributed by atoms with Crippen LogP contribution in [0.4, 0.5) is 16.3 Å². The molecule has 0 saturated carbocycles. The highest BCUT2D eigenvalue weighted by Crippen LogP contribution is 2.46. The van der Waals surface area contributed by atoms with Crippen molar-refractivity contribution in [3.05, 3.63) is 41.4 Å². The van der Waals surface area contributed by atoms with E-state index in [0.717, 1.165) is 35.3 Å². The summed E-state index contributed by atoms with van der Waals surface area (Å²) in [6.45, 7) is 5.26. The first-order chi connectivity index (χ1) is 18.0. The first-order valence-corrected chi connectivity index (χ1v) is 12.9. The quantitative estimate of drug-likeness (QED) is 0.547. The molecule has 2 saturated heterocycles. The number of morpholine rings is 1. The van der Waals surface area contributed by atoms with Gasteiger partial charge in [0.1, 0.15) is 5.82 Å². The number of hydrogen-bond acceptors (Lipinski definition) is 7. The van der Waals surface area contributed by atoms with Gasteiger partial charge in [0.05, 0.1) is 33.0 Å². The summed E-state index contributed by atoms with van der Waals surface area (Å²) in [6, 6.07) is 11.4. The van der Waals surface area contributed by atoms with Crippen molar-refractivity contribution in [2.45, 2.75) is 6.42 Å². The number of nitrogen functional groups attached to an aromatic ring is 1. The molecule has 2 fully saturated rings. The van der Waals surface area contributed by atoms with Crippen molar-refractivity contribution in [2.75, 3.05) is 77.3 Å². The highest BCUT2D eigenvalue weighted by atomic mass is 35.5. The van der Waals surface area contributed by atoms with Crippen LogP contribution in [0.5, 0.6) is 11.5 Å². The lowest BCUT2D eigenvalue weighted by Crippen LogP contribution is -2.49. The van der Waals surface area contributed by atoms with E-state index in [1.54, 1.807) is 14.2 Å². The molecule has 2 aromatic carbocycles. The molecule has 5 rings (SSSR count). The Labute approximate surface area is 221 Å². The molecule has 2 amide bonds. The maximum absolute atomic E-state index is 13.0. The fourth-order valence-corrected chi connectivity index (χ4v) is 5.20. The monoisotopic (exact) mass is 525 g/mol. The fraction of sp³-hybridized carbons (Fsp3) is 0.407. The van der Waals surface area contributed by atoms with Gasteiger partial charge in [0.2, 0.25) is 0 Å². The second-order valence-electron chi connectivity index (χ2n) is 9.17. The summed E-state index contributed by atoms with van der Waals surface area (Å²) >= 11 is 6.14. The number of rotatable bonds is 4. The van der Waals surface area contributed by atoms with E-state index in [1.807, 2.05) is 46.2 Å². The molecule has 10 heteroatoms. The standard InChI is InChI=1S/C27H32ClN5O4/c1-35-22-17-21-25(24(26(22)36-2)18-4-6-19(28)7-5-18)20(29)16-23(30-21)31-8-3-9-32(11-10-31)27(34)33-12-14-37-15-13-33/h4-7,16-17H,3,8-15H2,1-2H3,(H2,29,30). The maximum Gasteiger partial charge on any atom is 0.320 e. The predicted molar refractivity (Wildman–Crippen MR) is 146 cm³/mol. The smallest absolute Gasteiger partial charge is 0.320 e. The van der Waals surface area contributed by atoms with Gasteiger partial charge in [-0.15, -0.1) is 0 Å². The van der Waals surface area contributed by atoms with Crippen LogP contribution >= 0.6 is 11.6 Å². The molecule has 2 aliphatic rings. The van der Waals surface area contributed by atoms with E-state index in [2.05, 4.69) is 4.90 Å². The zero-order valence-corrected chi connectivity index (χ0v) is 22.0. The largest absolute Gasteiger partial charge is 0.493 e. The number of benzene rings is 2. The van der Waals surface area contributed by atoms with Crippen LogP contribution in [0.3, 0.4) is 0 Å². The second kappa shape index (κ2) is 10.9. The Balaban J connectivity index is 1.48. The zero-order valence-electron chi connectivity index (χ0n) is 21.2. The van der Waals surface area contributed by atoms with E-state index in [0.29, 0.717) is 73.7 Å². The van der Waals surface area contributed by atoms with Crippen molar-refractivity contribution in [1.29, 1.82) is 0 Å². The Morgan fingerprint density at radius 1 is 0.973 bits per heavy atom. The molecular formula is C27H32ClN5O4. The molecule has 9 nitrogen and oxygen atoms in total. The lowest BCUT2D eigenvalue weighted by Gasteiger charge is -2.32. The number of pyridine rings is 1. The number of fused-ring (bicyclic) bond motifs is 1. The third-order valence-electron chi connectivity index (χ3n) is 6.96. The van der Waals surface area contributed by atoms with Gasteiger partial charge >= 0.3 is 6.03 Å². The van der Waals surface area contributed by atoms with Crippen LogP contribution in [0.25, 0.3) is 22.0 Å². The number of aromatic nitrogens is 1. The second-order valence-corrected chi connectivity index (χ2v) is 9.60. The van der Waals surface area contributed by atoms with Crippen LogP contribution in [0.2, 0.25) is 5.02 Å². The molecule has 3 heterocycles. The molecule has 0 unspecified atom stereocenters. The summed E-state index contributed by atoms with van der Waals surface area (Å²) < 4.78 is 16.8. The number of nitrogens with two attached hydrogens (primary N) is 1. The number of nitrogens with zero attached hydrogens (tertiary/aromatic N) is 4. The first-order valence-electron chi connectivity index (χ1n) is 12.5. The normalized spacial score (nSPS) is 16.6. The lowest BCUT2D eigenvalue weighted by atomic mass is 9.97. The summed E-state index contributed by atoms with van der Waals surface area (Å²) in [7, 11) is 3.22. The Morgan fingerprint density at radius 2 is 1.70 bits per heavy atom. The van der Waals surface area contributed by atoms with Crippen LogP contribution in [0.15, 0.2) is 36.4 Å². The van der Waals surface area contributed by atoms with Gasteiger partial charge < -0.3 is 34.6 Å². The van der Waals surface area contributed by atoms with Gasteiger partial charge in [-0.25, -0.2) is 9.78 Å². The number of amides is 2. The molecule has 0 aliphatic carbocycles. The van der Waals surface area contributed by atoms with Crippen molar-refractivity contribution in [1.82, 2.24) is 14.8 Å². The van der Waals surface area contributed by atoms with E-state index in [4.69, 9.17) is 36.5 Å². The molecule has 2 aliphatic heterocycles. The van der Waals surface area contributed by atoms with Gasteiger partial charge in [-0.3, -0.25) is 0 Å². The Hall–Kier alpha value is -3.43. The molecule has 196 valence electrons. The number of hydrogen-bond donors (Lipinski definition) is 1. The third kappa shape index (κ3) is 5.06. The molecule has 3 aromatic rings. The van der Waals surface area contributed by atoms with Crippen LogP contribution in [-0.2, 0) is 4.74 Å². The van der Waals surface area contributed by atoms with Gasteiger partial charge in [-0.2, -0.15) is 0 Å². The maximum atomic E-state index is 13.0. The molecule has 37 heavy (non-hydrogen) atoms. The lowest BCUT2D eigenvalue weighted by molar-refractivity contribution is 0.0438. The van der Waals surface area contributed by atoms with Crippen molar-refractivity contribution < 1.29 is 19.0 Å². The van der Waals surface area contributed by atoms with Gasteiger partial charge in [0.25, 0.3) is 0 Å². The van der Waals surface area contributed by atoms with Gasteiger partial charge in [0.15, 0.2) is 11.5 Å². The van der Waals surface area contributed by atoms with Gasteiger partial charge in [-0.05, 0) is 24.1 Å². The Bertz CT molecular complexity index is 1280. The van der Waals surface area contributed by atoms with Crippen molar-refractivity contribution in [2.24, 2.45) is 0 Å². The first kappa shape index (κ1) is 25.2. The molecular weight excluding hydrogens is 494 g/mol. The number of carbonyl (C=O) groups excluding carboxylic acids is 1. The summed E-state index contributed by atoms with van der Waals surface area (Å²) in [6.07, 6.45) is 0.845. The number of halogens is 1. The van der Waals surface area contributed by atoms with E-state index in [-0.39, 0.29) is 6.03 Å². The summed E-state index contributed by atoms with van der Waals surface area (Å²) in [4.78, 5) is 24.0. The molecule has 0 atom stereocenters. The van der Waals surface area contributed by atoms with Crippen LogP contribution in [-0.4, -0.2) is 87.5 Å². The van der Waals surface area contributed by atoms with E-state index < -0.39 is 0 Å². The topological polar surface area (TPSA) is 93.4 Å². The summed E-state index contributed by atoms with van der Waals surface area (Å²) in [5.74, 6) is 1.94. The summed E-state index contributed by atoms with van der Waals surface area (Å²) in [5.41, 5.74) is 9.70. The average molecular weight is 526 g/mol. The Kier molecular flexibility index (Phi) is 7.43. The highest BCUT2D eigenvalue weighted by Gasteiger charge is 2.26. The molecule has 0 radical (unpaired) electrons. The highest BCUT2D eigenvalue weighted by molar-refractivity contribution is 6.30. The van der Waals surface area contributed by atoms with Gasteiger partial charge in [0, 0.05) is 73.1 Å². The molecule has 2 N–H and O–H groups in total.